The second-order valence-corrected chi connectivity index (χ2v) is 9.36. The van der Waals surface area contributed by atoms with E-state index in [1.54, 1.807) is 0 Å². The van der Waals surface area contributed by atoms with E-state index < -0.39 is 0 Å². The largest absolute Gasteiger partial charge is 0.392 e. The molecule has 0 saturated heterocycles. The molecule has 0 amide bonds. The van der Waals surface area contributed by atoms with Crippen LogP contribution in [0, 0.1) is 0 Å². The van der Waals surface area contributed by atoms with E-state index in [4.69, 9.17) is 0 Å². The minimum absolute atomic E-state index is 0.00101. The van der Waals surface area contributed by atoms with E-state index >= 15 is 0 Å². The average Bonchev–Trinajstić information content (AvgIpc) is 3.02. The van der Waals surface area contributed by atoms with Gasteiger partial charge in [0.05, 0.1) is 19.8 Å². The first-order valence-electron chi connectivity index (χ1n) is 13.0. The zero-order valence-corrected chi connectivity index (χ0v) is 21.6. The molecule has 0 spiro atoms. The highest BCUT2D eigenvalue weighted by Gasteiger charge is 2.13. The van der Waals surface area contributed by atoms with E-state index in [0.717, 1.165) is 56.0 Å². The minimum atomic E-state index is -0.00101. The molecule has 0 bridgehead atoms. The molecule has 4 heteroatoms. The SMILES string of the molecule is OCc1ccc(/C(=C/c2ccc(N(c3ccc(CO)cc3)c3ccc(CO)cc3)cc2)c2ccccc2)cc1. The lowest BCUT2D eigenvalue weighted by Crippen LogP contribution is -2.10. The Morgan fingerprint density at radius 3 is 1.28 bits per heavy atom. The fraction of sp³-hybridized carbons (Fsp3) is 0.0857. The molecule has 5 aromatic rings. The number of hydrogen-bond acceptors (Lipinski definition) is 4. The maximum Gasteiger partial charge on any atom is 0.0681 e. The molecule has 0 aliphatic heterocycles. The Hall–Kier alpha value is -4.48. The highest BCUT2D eigenvalue weighted by atomic mass is 16.3. The summed E-state index contributed by atoms with van der Waals surface area (Å²) in [5.74, 6) is 0. The quantitative estimate of drug-likeness (QED) is 0.182. The molecule has 5 aromatic carbocycles. The summed E-state index contributed by atoms with van der Waals surface area (Å²) in [7, 11) is 0. The zero-order valence-electron chi connectivity index (χ0n) is 21.6. The number of nitrogens with zero attached hydrogens (tertiary/aromatic N) is 1. The van der Waals surface area contributed by atoms with Crippen molar-refractivity contribution in [1.29, 1.82) is 0 Å². The van der Waals surface area contributed by atoms with Crippen molar-refractivity contribution in [3.05, 3.63) is 161 Å². The Balaban J connectivity index is 1.53. The van der Waals surface area contributed by atoms with Crippen LogP contribution in [0.2, 0.25) is 0 Å². The van der Waals surface area contributed by atoms with Crippen molar-refractivity contribution in [1.82, 2.24) is 0 Å². The van der Waals surface area contributed by atoms with Gasteiger partial charge in [-0.2, -0.15) is 0 Å². The van der Waals surface area contributed by atoms with Gasteiger partial charge in [0.15, 0.2) is 0 Å². The summed E-state index contributed by atoms with van der Waals surface area (Å²) in [5.41, 5.74) is 9.90. The third-order valence-corrected chi connectivity index (χ3v) is 6.75. The van der Waals surface area contributed by atoms with Crippen LogP contribution >= 0.6 is 0 Å². The van der Waals surface area contributed by atoms with Gasteiger partial charge in [0.25, 0.3) is 0 Å². The maximum absolute atomic E-state index is 9.50. The topological polar surface area (TPSA) is 63.9 Å². The highest BCUT2D eigenvalue weighted by Crippen LogP contribution is 2.35. The normalized spacial score (nSPS) is 11.4. The van der Waals surface area contributed by atoms with E-state index in [1.165, 1.54) is 0 Å². The minimum Gasteiger partial charge on any atom is -0.392 e. The molecule has 4 nitrogen and oxygen atoms in total. The molecule has 39 heavy (non-hydrogen) atoms. The van der Waals surface area contributed by atoms with Gasteiger partial charge in [0.1, 0.15) is 0 Å². The van der Waals surface area contributed by atoms with Gasteiger partial charge < -0.3 is 20.2 Å². The molecule has 0 radical (unpaired) electrons. The first-order chi connectivity index (χ1) is 19.2. The molecule has 0 unspecified atom stereocenters. The first kappa shape index (κ1) is 26.1. The number of rotatable bonds is 9. The fourth-order valence-electron chi connectivity index (χ4n) is 4.58. The molecule has 0 fully saturated rings. The summed E-state index contributed by atoms with van der Waals surface area (Å²) in [6, 6.07) is 42.4. The van der Waals surface area contributed by atoms with Crippen LogP contribution in [0.5, 0.6) is 0 Å². The van der Waals surface area contributed by atoms with Crippen LogP contribution in [0.1, 0.15) is 33.4 Å². The smallest absolute Gasteiger partial charge is 0.0681 e. The lowest BCUT2D eigenvalue weighted by molar-refractivity contribution is 0.281. The van der Waals surface area contributed by atoms with Crippen LogP contribution in [-0.4, -0.2) is 15.3 Å². The highest BCUT2D eigenvalue weighted by molar-refractivity contribution is 5.91. The van der Waals surface area contributed by atoms with Crippen molar-refractivity contribution in [2.75, 3.05) is 4.90 Å². The number of anilines is 3. The van der Waals surface area contributed by atoms with Crippen molar-refractivity contribution in [2.24, 2.45) is 0 Å². The summed E-state index contributed by atoms with van der Waals surface area (Å²) in [6.07, 6.45) is 2.18. The summed E-state index contributed by atoms with van der Waals surface area (Å²) >= 11 is 0. The van der Waals surface area contributed by atoms with Gasteiger partial charge in [-0.15, -0.1) is 0 Å². The summed E-state index contributed by atoms with van der Waals surface area (Å²) in [4.78, 5) is 2.15. The van der Waals surface area contributed by atoms with E-state index in [-0.39, 0.29) is 19.8 Å². The van der Waals surface area contributed by atoms with Crippen molar-refractivity contribution >= 4 is 28.7 Å². The molecule has 0 saturated carbocycles. The molecule has 0 aromatic heterocycles. The number of hydrogen-bond donors (Lipinski definition) is 3. The van der Waals surface area contributed by atoms with Crippen LogP contribution < -0.4 is 4.90 Å². The maximum atomic E-state index is 9.50. The number of aliphatic hydroxyl groups is 3. The third-order valence-electron chi connectivity index (χ3n) is 6.75. The predicted octanol–water partition coefficient (Wildman–Crippen LogP) is 7.22. The fourth-order valence-corrected chi connectivity index (χ4v) is 4.58. The lowest BCUT2D eigenvalue weighted by Gasteiger charge is -2.26. The molecular formula is C35H31NO3. The Kier molecular flexibility index (Phi) is 8.29. The molecule has 5 rings (SSSR count). The standard InChI is InChI=1S/C35H31NO3/c37-23-27-6-14-31(15-7-27)35(30-4-2-1-3-5-30)22-26-8-16-32(17-9-26)36(33-18-10-28(24-38)11-19-33)34-20-12-29(25-39)13-21-34/h1-22,37-39H,23-25H2/b35-22+. The van der Waals surface area contributed by atoms with E-state index in [0.29, 0.717) is 0 Å². The molecule has 0 aliphatic carbocycles. The van der Waals surface area contributed by atoms with Crippen molar-refractivity contribution in [3.63, 3.8) is 0 Å². The van der Waals surface area contributed by atoms with Gasteiger partial charge in [-0.25, -0.2) is 0 Å². The predicted molar refractivity (Wildman–Crippen MR) is 159 cm³/mol. The van der Waals surface area contributed by atoms with Gasteiger partial charge in [-0.1, -0.05) is 91.0 Å². The van der Waals surface area contributed by atoms with E-state index in [1.807, 2.05) is 91.0 Å². The second-order valence-electron chi connectivity index (χ2n) is 9.36. The molecule has 3 N–H and O–H groups in total. The van der Waals surface area contributed by atoms with Crippen LogP contribution in [0.25, 0.3) is 11.6 Å². The van der Waals surface area contributed by atoms with Gasteiger partial charge in [0, 0.05) is 17.1 Å². The lowest BCUT2D eigenvalue weighted by atomic mass is 9.95. The van der Waals surface area contributed by atoms with Crippen molar-refractivity contribution in [3.8, 4) is 0 Å². The van der Waals surface area contributed by atoms with Gasteiger partial charge in [0.2, 0.25) is 0 Å². The zero-order chi connectivity index (χ0) is 27.0. The Morgan fingerprint density at radius 1 is 0.462 bits per heavy atom. The average molecular weight is 514 g/mol. The Labute approximate surface area is 229 Å². The molecule has 0 heterocycles. The summed E-state index contributed by atoms with van der Waals surface area (Å²) in [5, 5.41) is 28.5. The van der Waals surface area contributed by atoms with Gasteiger partial charge >= 0.3 is 0 Å². The Morgan fingerprint density at radius 2 is 0.846 bits per heavy atom. The van der Waals surface area contributed by atoms with Crippen LogP contribution in [0.3, 0.4) is 0 Å². The summed E-state index contributed by atoms with van der Waals surface area (Å²) in [6.45, 7) is 0.0199. The molecule has 0 atom stereocenters. The van der Waals surface area contributed by atoms with Gasteiger partial charge in [-0.05, 0) is 81.4 Å². The number of aliphatic hydroxyl groups excluding tert-OH is 3. The van der Waals surface area contributed by atoms with E-state index in [9.17, 15) is 15.3 Å². The first-order valence-corrected chi connectivity index (χ1v) is 13.0. The molecule has 194 valence electrons. The van der Waals surface area contributed by atoms with E-state index in [2.05, 4.69) is 47.4 Å². The Bertz CT molecular complexity index is 1460. The molecule has 0 aliphatic rings. The second kappa shape index (κ2) is 12.4. The van der Waals surface area contributed by atoms with Crippen LogP contribution in [-0.2, 0) is 19.8 Å². The van der Waals surface area contributed by atoms with Crippen LogP contribution in [0.4, 0.5) is 17.1 Å². The monoisotopic (exact) mass is 513 g/mol. The molecular weight excluding hydrogens is 482 g/mol. The van der Waals surface area contributed by atoms with Crippen LogP contribution in [0.15, 0.2) is 127 Å². The summed E-state index contributed by atoms with van der Waals surface area (Å²) < 4.78 is 0. The third kappa shape index (κ3) is 6.16. The van der Waals surface area contributed by atoms with Gasteiger partial charge in [-0.3, -0.25) is 0 Å². The van der Waals surface area contributed by atoms with Crippen molar-refractivity contribution < 1.29 is 15.3 Å². The number of benzene rings is 5. The van der Waals surface area contributed by atoms with Crippen molar-refractivity contribution in [2.45, 2.75) is 19.8 Å².